The highest BCUT2D eigenvalue weighted by molar-refractivity contribution is 5.90. The lowest BCUT2D eigenvalue weighted by atomic mass is 10.3. The highest BCUT2D eigenvalue weighted by Gasteiger charge is 2.12. The van der Waals surface area contributed by atoms with Gasteiger partial charge in [-0.25, -0.2) is 9.69 Å². The SMILES string of the molecule is [C-]#[N+]/C(=C/O)C(=O)OCCCCOC(=O)/C(=C\O)[N+]#[C-]. The van der Waals surface area contributed by atoms with Crippen LogP contribution in [0.2, 0.25) is 0 Å². The molecular formula is C12H12N2O6. The summed E-state index contributed by atoms with van der Waals surface area (Å²) >= 11 is 0. The number of unbranched alkanes of at least 4 members (excludes halogenated alkanes) is 1. The summed E-state index contributed by atoms with van der Waals surface area (Å²) in [6.45, 7) is 13.1. The number of hydrogen-bond acceptors (Lipinski definition) is 6. The van der Waals surface area contributed by atoms with Gasteiger partial charge in [0.15, 0.2) is 0 Å². The van der Waals surface area contributed by atoms with Crippen molar-refractivity contribution in [1.29, 1.82) is 0 Å². The van der Waals surface area contributed by atoms with Crippen LogP contribution in [-0.2, 0) is 19.1 Å². The van der Waals surface area contributed by atoms with Crippen LogP contribution in [0.5, 0.6) is 0 Å². The zero-order chi connectivity index (χ0) is 15.4. The zero-order valence-corrected chi connectivity index (χ0v) is 10.4. The molecule has 0 aliphatic heterocycles. The van der Waals surface area contributed by atoms with Crippen molar-refractivity contribution in [3.63, 3.8) is 0 Å². The van der Waals surface area contributed by atoms with Gasteiger partial charge in [0.2, 0.25) is 0 Å². The average Bonchev–Trinajstić information content (AvgIpc) is 2.45. The van der Waals surface area contributed by atoms with E-state index in [0.717, 1.165) is 0 Å². The molecule has 2 N–H and O–H groups in total. The third-order valence-corrected chi connectivity index (χ3v) is 1.91. The maximum absolute atomic E-state index is 11.1. The first-order valence-electron chi connectivity index (χ1n) is 5.38. The average molecular weight is 280 g/mol. The predicted octanol–water partition coefficient (Wildman–Crippen LogP) is 1.49. The van der Waals surface area contributed by atoms with E-state index in [4.69, 9.17) is 23.4 Å². The first kappa shape index (κ1) is 17.0. The standard InChI is InChI=1S/C12H12N2O6/c1-13-9(7-15)11(17)19-5-3-4-6-20-12(18)10(8-16)14-2/h7-8,15-16H,3-6H2/b9-7+,10-8+. The van der Waals surface area contributed by atoms with E-state index in [1.54, 1.807) is 0 Å². The molecule has 0 unspecified atom stereocenters. The minimum Gasteiger partial charge on any atom is -0.526 e. The molecule has 0 rings (SSSR count). The van der Waals surface area contributed by atoms with E-state index >= 15 is 0 Å². The second kappa shape index (κ2) is 9.97. The van der Waals surface area contributed by atoms with Crippen LogP contribution in [-0.4, -0.2) is 35.4 Å². The molecule has 20 heavy (non-hydrogen) atoms. The van der Waals surface area contributed by atoms with Crippen LogP contribution in [0.3, 0.4) is 0 Å². The van der Waals surface area contributed by atoms with Crippen LogP contribution in [0.25, 0.3) is 9.69 Å². The molecule has 0 aliphatic carbocycles. The molecule has 0 aromatic carbocycles. The van der Waals surface area contributed by atoms with Crippen molar-refractivity contribution in [2.45, 2.75) is 12.8 Å². The summed E-state index contributed by atoms with van der Waals surface area (Å²) in [5.41, 5.74) is -1.04. The molecule has 0 amide bonds. The van der Waals surface area contributed by atoms with Crippen molar-refractivity contribution < 1.29 is 29.3 Å². The number of hydrogen-bond donors (Lipinski definition) is 2. The molecule has 0 saturated heterocycles. The Labute approximate surface area is 115 Å². The third-order valence-electron chi connectivity index (χ3n) is 1.91. The Kier molecular flexibility index (Phi) is 8.48. The second-order valence-electron chi connectivity index (χ2n) is 3.23. The molecule has 0 radical (unpaired) electrons. The summed E-state index contributed by atoms with van der Waals surface area (Å²) in [4.78, 5) is 27.7. The van der Waals surface area contributed by atoms with Crippen molar-refractivity contribution in [2.24, 2.45) is 0 Å². The molecule has 0 spiro atoms. The van der Waals surface area contributed by atoms with E-state index in [9.17, 15) is 9.59 Å². The largest absolute Gasteiger partial charge is 0.526 e. The van der Waals surface area contributed by atoms with E-state index < -0.39 is 23.3 Å². The molecule has 0 atom stereocenters. The molecule has 0 bridgehead atoms. The molecule has 0 fully saturated rings. The van der Waals surface area contributed by atoms with Gasteiger partial charge < -0.3 is 19.7 Å². The van der Waals surface area contributed by atoms with Crippen LogP contribution >= 0.6 is 0 Å². The van der Waals surface area contributed by atoms with Gasteiger partial charge in [-0.15, -0.1) is 0 Å². The van der Waals surface area contributed by atoms with Crippen LogP contribution in [0, 0.1) is 13.1 Å². The molecule has 0 aromatic rings. The molecule has 8 heteroatoms. The number of nitrogens with zero attached hydrogens (tertiary/aromatic N) is 2. The molecule has 0 aromatic heterocycles. The van der Waals surface area contributed by atoms with Crippen LogP contribution in [0.4, 0.5) is 0 Å². The minimum absolute atomic E-state index is 0.00520. The Morgan fingerprint density at radius 3 is 1.50 bits per heavy atom. The van der Waals surface area contributed by atoms with E-state index in [0.29, 0.717) is 25.4 Å². The number of carbonyl (C=O) groups excluding carboxylic acids is 2. The zero-order valence-electron chi connectivity index (χ0n) is 10.4. The Morgan fingerprint density at radius 1 is 0.900 bits per heavy atom. The fourth-order valence-corrected chi connectivity index (χ4v) is 0.936. The highest BCUT2D eigenvalue weighted by atomic mass is 16.5. The van der Waals surface area contributed by atoms with Gasteiger partial charge in [0.05, 0.1) is 38.9 Å². The molecule has 0 heterocycles. The van der Waals surface area contributed by atoms with Crippen molar-refractivity contribution in [2.75, 3.05) is 13.2 Å². The summed E-state index contributed by atoms with van der Waals surface area (Å²) < 4.78 is 9.32. The van der Waals surface area contributed by atoms with E-state index in [1.807, 2.05) is 0 Å². The van der Waals surface area contributed by atoms with Gasteiger partial charge in [-0.05, 0) is 12.8 Å². The van der Waals surface area contributed by atoms with Crippen molar-refractivity contribution in [3.05, 3.63) is 46.8 Å². The first-order valence-corrected chi connectivity index (χ1v) is 5.38. The van der Waals surface area contributed by atoms with Crippen LogP contribution in [0.15, 0.2) is 23.9 Å². The lowest BCUT2D eigenvalue weighted by Gasteiger charge is -2.04. The Morgan fingerprint density at radius 2 is 1.25 bits per heavy atom. The van der Waals surface area contributed by atoms with Crippen molar-refractivity contribution in [3.8, 4) is 0 Å². The first-order chi connectivity index (χ1) is 9.60. The minimum atomic E-state index is -0.932. The number of ether oxygens (including phenoxy) is 2. The van der Waals surface area contributed by atoms with Crippen molar-refractivity contribution in [1.82, 2.24) is 0 Å². The number of aliphatic hydroxyl groups is 2. The van der Waals surface area contributed by atoms with E-state index in [2.05, 4.69) is 19.2 Å². The Bertz CT molecular complexity index is 449. The van der Waals surface area contributed by atoms with Gasteiger partial charge in [-0.1, -0.05) is 0 Å². The second-order valence-corrected chi connectivity index (χ2v) is 3.23. The highest BCUT2D eigenvalue weighted by Crippen LogP contribution is 2.02. The third kappa shape index (κ3) is 6.07. The van der Waals surface area contributed by atoms with Gasteiger partial charge >= 0.3 is 23.3 Å². The lowest BCUT2D eigenvalue weighted by molar-refractivity contribution is -0.141. The number of aliphatic hydroxyl groups excluding tert-OH is 2. The van der Waals surface area contributed by atoms with Gasteiger partial charge in [0.1, 0.15) is 0 Å². The molecule has 106 valence electrons. The monoisotopic (exact) mass is 280 g/mol. The quantitative estimate of drug-likeness (QED) is 0.241. The topological polar surface area (TPSA) is 102 Å². The summed E-state index contributed by atoms with van der Waals surface area (Å²) in [7, 11) is 0. The summed E-state index contributed by atoms with van der Waals surface area (Å²) in [5, 5.41) is 17.0. The van der Waals surface area contributed by atoms with E-state index in [-0.39, 0.29) is 13.2 Å². The fourth-order valence-electron chi connectivity index (χ4n) is 0.936. The maximum atomic E-state index is 11.1. The molecular weight excluding hydrogens is 268 g/mol. The van der Waals surface area contributed by atoms with Gasteiger partial charge in [-0.3, -0.25) is 9.59 Å². The fraction of sp³-hybridized carbons (Fsp3) is 0.333. The maximum Gasteiger partial charge on any atom is 0.339 e. The normalized spacial score (nSPS) is 11.1. The summed E-state index contributed by atoms with van der Waals surface area (Å²) in [5.74, 6) is -1.86. The Balaban J connectivity index is 3.81. The van der Waals surface area contributed by atoms with E-state index in [1.165, 1.54) is 0 Å². The lowest BCUT2D eigenvalue weighted by Crippen LogP contribution is -2.10. The van der Waals surface area contributed by atoms with Crippen LogP contribution < -0.4 is 0 Å². The number of carbonyl (C=O) groups is 2. The van der Waals surface area contributed by atoms with Gasteiger partial charge in [-0.2, -0.15) is 0 Å². The molecule has 0 aliphatic rings. The number of esters is 2. The smallest absolute Gasteiger partial charge is 0.339 e. The number of rotatable bonds is 7. The predicted molar refractivity (Wildman–Crippen MR) is 65.8 cm³/mol. The summed E-state index contributed by atoms with van der Waals surface area (Å²) in [6.07, 6.45) is 1.46. The molecule has 8 nitrogen and oxygen atoms in total. The van der Waals surface area contributed by atoms with Crippen molar-refractivity contribution >= 4 is 11.9 Å². The summed E-state index contributed by atoms with van der Waals surface area (Å²) in [6, 6.07) is 0. The van der Waals surface area contributed by atoms with Gasteiger partial charge in [0, 0.05) is 0 Å². The molecule has 0 saturated carbocycles. The van der Waals surface area contributed by atoms with Gasteiger partial charge in [0.25, 0.3) is 0 Å². The Hall–Kier alpha value is -3.00. The van der Waals surface area contributed by atoms with Crippen LogP contribution in [0.1, 0.15) is 12.8 Å².